The fourth-order valence-corrected chi connectivity index (χ4v) is 3.74. The van der Waals surface area contributed by atoms with Crippen LogP contribution < -0.4 is 14.9 Å². The van der Waals surface area contributed by atoms with Crippen LogP contribution in [-0.2, 0) is 16.1 Å². The van der Waals surface area contributed by atoms with Gasteiger partial charge in [0.2, 0.25) is 5.91 Å². The van der Waals surface area contributed by atoms with Gasteiger partial charge in [-0.15, -0.1) is 0 Å². The minimum atomic E-state index is -0.183. The van der Waals surface area contributed by atoms with Crippen LogP contribution in [0.3, 0.4) is 0 Å². The van der Waals surface area contributed by atoms with Gasteiger partial charge in [0.05, 0.1) is 0 Å². The summed E-state index contributed by atoms with van der Waals surface area (Å²) in [5.74, 6) is 0.335. The van der Waals surface area contributed by atoms with Gasteiger partial charge >= 0.3 is 4.87 Å². The van der Waals surface area contributed by atoms with Crippen molar-refractivity contribution in [2.45, 2.75) is 32.7 Å². The topological polar surface area (TPSA) is 80.6 Å². The van der Waals surface area contributed by atoms with Gasteiger partial charge in [0.15, 0.2) is 6.61 Å². The largest absolute Gasteiger partial charge is 0.484 e. The van der Waals surface area contributed by atoms with Gasteiger partial charge in [0.25, 0.3) is 5.91 Å². The Bertz CT molecular complexity index is 868. The molecule has 1 aromatic heterocycles. The second-order valence-corrected chi connectivity index (χ2v) is 7.32. The molecule has 0 atom stereocenters. The van der Waals surface area contributed by atoms with Crippen LogP contribution in [-0.4, -0.2) is 41.0 Å². The number of ether oxygens (including phenoxy) is 1. The molecule has 1 N–H and O–H groups in total. The molecule has 27 heavy (non-hydrogen) atoms. The molecule has 2 heterocycles. The third-order valence-corrected chi connectivity index (χ3v) is 5.36. The zero-order valence-electron chi connectivity index (χ0n) is 15.3. The van der Waals surface area contributed by atoms with Gasteiger partial charge in [0, 0.05) is 48.9 Å². The summed E-state index contributed by atoms with van der Waals surface area (Å²) < 4.78 is 7.16. The van der Waals surface area contributed by atoms with Crippen LogP contribution in [0.5, 0.6) is 5.75 Å². The number of hydrogen-bond acceptors (Lipinski definition) is 5. The van der Waals surface area contributed by atoms with Crippen LogP contribution in [0.25, 0.3) is 0 Å². The van der Waals surface area contributed by atoms with Crippen molar-refractivity contribution in [2.24, 2.45) is 0 Å². The first-order valence-corrected chi connectivity index (χ1v) is 9.86. The normalized spacial score (nSPS) is 13.6. The molecule has 7 nitrogen and oxygen atoms in total. The molecule has 1 aliphatic rings. The molecular weight excluding hydrogens is 366 g/mol. The van der Waals surface area contributed by atoms with Crippen LogP contribution in [0.4, 0.5) is 5.69 Å². The predicted octanol–water partition coefficient (Wildman–Crippen LogP) is 2.25. The Labute approximate surface area is 161 Å². The average Bonchev–Trinajstić information content (AvgIpc) is 3.29. The highest BCUT2D eigenvalue weighted by atomic mass is 32.1. The van der Waals surface area contributed by atoms with E-state index in [2.05, 4.69) is 5.32 Å². The highest BCUT2D eigenvalue weighted by Gasteiger charge is 2.18. The molecule has 144 valence electrons. The van der Waals surface area contributed by atoms with Crippen molar-refractivity contribution in [3.63, 3.8) is 0 Å². The molecule has 0 aliphatic carbocycles. The monoisotopic (exact) mass is 389 g/mol. The lowest BCUT2D eigenvalue weighted by Gasteiger charge is -2.15. The standard InChI is InChI=1S/C19H23N3O4S/c1-14-13-27-19(25)22(14)10-7-17(23)20-15-5-4-6-16(11-15)26-12-18(24)21-8-2-3-9-21/h4-6,11,13H,2-3,7-10,12H2,1H3,(H,20,23). The lowest BCUT2D eigenvalue weighted by molar-refractivity contribution is -0.132. The Morgan fingerprint density at radius 2 is 2.04 bits per heavy atom. The Kier molecular flexibility index (Phi) is 6.28. The van der Waals surface area contributed by atoms with E-state index in [-0.39, 0.29) is 29.7 Å². The number of likely N-dealkylation sites (tertiary alicyclic amines) is 1. The number of amides is 2. The third kappa shape index (κ3) is 5.19. The van der Waals surface area contributed by atoms with Crippen molar-refractivity contribution in [1.29, 1.82) is 0 Å². The second kappa shape index (κ2) is 8.85. The van der Waals surface area contributed by atoms with E-state index in [1.807, 2.05) is 6.92 Å². The van der Waals surface area contributed by atoms with Gasteiger partial charge in [0.1, 0.15) is 5.75 Å². The van der Waals surface area contributed by atoms with Gasteiger partial charge in [-0.25, -0.2) is 0 Å². The lowest BCUT2D eigenvalue weighted by Crippen LogP contribution is -2.32. The average molecular weight is 389 g/mol. The molecule has 1 saturated heterocycles. The molecule has 1 aliphatic heterocycles. The summed E-state index contributed by atoms with van der Waals surface area (Å²) in [6.07, 6.45) is 2.30. The van der Waals surface area contributed by atoms with Crippen LogP contribution >= 0.6 is 11.3 Å². The van der Waals surface area contributed by atoms with Gasteiger partial charge in [-0.05, 0) is 31.9 Å². The maximum Gasteiger partial charge on any atom is 0.307 e. The molecule has 0 saturated carbocycles. The van der Waals surface area contributed by atoms with E-state index in [0.29, 0.717) is 18.0 Å². The number of hydrogen-bond donors (Lipinski definition) is 1. The fraction of sp³-hybridized carbons (Fsp3) is 0.421. The van der Waals surface area contributed by atoms with E-state index < -0.39 is 0 Å². The number of aryl methyl sites for hydroxylation is 1. The van der Waals surface area contributed by atoms with E-state index >= 15 is 0 Å². The van der Waals surface area contributed by atoms with Crippen molar-refractivity contribution in [1.82, 2.24) is 9.47 Å². The number of carbonyl (C=O) groups excluding carboxylic acids is 2. The Balaban J connectivity index is 1.50. The molecule has 0 radical (unpaired) electrons. The summed E-state index contributed by atoms with van der Waals surface area (Å²) in [6, 6.07) is 6.96. The number of benzene rings is 1. The van der Waals surface area contributed by atoms with E-state index in [1.54, 1.807) is 39.1 Å². The second-order valence-electron chi connectivity index (χ2n) is 6.50. The van der Waals surface area contributed by atoms with Gasteiger partial charge in [-0.2, -0.15) is 0 Å². The number of aromatic nitrogens is 1. The first kappa shape index (κ1) is 19.2. The molecule has 1 fully saturated rings. The summed E-state index contributed by atoms with van der Waals surface area (Å²) in [5.41, 5.74) is 1.45. The molecule has 3 rings (SSSR count). The Hall–Kier alpha value is -2.61. The van der Waals surface area contributed by atoms with E-state index in [1.165, 1.54) is 0 Å². The van der Waals surface area contributed by atoms with Crippen LogP contribution in [0.15, 0.2) is 34.4 Å². The first-order valence-electron chi connectivity index (χ1n) is 8.98. The molecule has 0 bridgehead atoms. The molecule has 1 aromatic carbocycles. The minimum Gasteiger partial charge on any atom is -0.484 e. The third-order valence-electron chi connectivity index (χ3n) is 4.48. The van der Waals surface area contributed by atoms with Crippen molar-refractivity contribution in [3.8, 4) is 5.75 Å². The summed E-state index contributed by atoms with van der Waals surface area (Å²) in [4.78, 5) is 37.6. The fourth-order valence-electron chi connectivity index (χ4n) is 2.98. The molecule has 2 amide bonds. The van der Waals surface area contributed by atoms with E-state index in [0.717, 1.165) is 43.0 Å². The smallest absolute Gasteiger partial charge is 0.307 e. The molecule has 0 unspecified atom stereocenters. The zero-order valence-corrected chi connectivity index (χ0v) is 16.1. The summed E-state index contributed by atoms with van der Waals surface area (Å²) in [6.45, 7) is 3.79. The predicted molar refractivity (Wildman–Crippen MR) is 104 cm³/mol. The van der Waals surface area contributed by atoms with Crippen LogP contribution in [0.2, 0.25) is 0 Å². The minimum absolute atomic E-state index is 0.00223. The summed E-state index contributed by atoms with van der Waals surface area (Å²) in [7, 11) is 0. The molecule has 0 spiro atoms. The van der Waals surface area contributed by atoms with E-state index in [4.69, 9.17) is 4.74 Å². The summed E-state index contributed by atoms with van der Waals surface area (Å²) in [5, 5.41) is 4.58. The highest BCUT2D eigenvalue weighted by Crippen LogP contribution is 2.18. The number of anilines is 1. The highest BCUT2D eigenvalue weighted by molar-refractivity contribution is 7.07. The quantitative estimate of drug-likeness (QED) is 0.788. The van der Waals surface area contributed by atoms with Crippen LogP contribution in [0.1, 0.15) is 25.0 Å². The van der Waals surface area contributed by atoms with E-state index in [9.17, 15) is 14.4 Å². The van der Waals surface area contributed by atoms with Crippen molar-refractivity contribution >= 4 is 28.8 Å². The van der Waals surface area contributed by atoms with Gasteiger partial charge in [-0.3, -0.25) is 14.4 Å². The maximum absolute atomic E-state index is 12.2. The number of thiazole rings is 1. The maximum atomic E-state index is 12.2. The SMILES string of the molecule is Cc1csc(=O)n1CCC(=O)Nc1cccc(OCC(=O)N2CCCC2)c1. The van der Waals surface area contributed by atoms with Gasteiger partial charge < -0.3 is 19.5 Å². The van der Waals surface area contributed by atoms with Gasteiger partial charge in [-0.1, -0.05) is 17.4 Å². The first-order chi connectivity index (χ1) is 13.0. The number of rotatable bonds is 7. The van der Waals surface area contributed by atoms with Crippen molar-refractivity contribution < 1.29 is 14.3 Å². The molecule has 8 heteroatoms. The Morgan fingerprint density at radius 3 is 2.74 bits per heavy atom. The number of nitrogens with one attached hydrogen (secondary N) is 1. The summed E-state index contributed by atoms with van der Waals surface area (Å²) >= 11 is 1.13. The van der Waals surface area contributed by atoms with Crippen LogP contribution in [0, 0.1) is 6.92 Å². The zero-order chi connectivity index (χ0) is 19.2. The van der Waals surface area contributed by atoms with Crippen molar-refractivity contribution in [3.05, 3.63) is 45.0 Å². The molecular formula is C19H23N3O4S. The lowest BCUT2D eigenvalue weighted by atomic mass is 10.3. The van der Waals surface area contributed by atoms with Crippen molar-refractivity contribution in [2.75, 3.05) is 25.0 Å². The molecule has 2 aromatic rings. The Morgan fingerprint density at radius 1 is 1.26 bits per heavy atom. The number of carbonyl (C=O) groups is 2. The number of nitrogens with zero attached hydrogens (tertiary/aromatic N) is 2.